The predicted molar refractivity (Wildman–Crippen MR) is 81.6 cm³/mol. The van der Waals surface area contributed by atoms with Crippen molar-refractivity contribution >= 4 is 15.9 Å². The van der Waals surface area contributed by atoms with Crippen molar-refractivity contribution in [2.45, 2.75) is 45.6 Å². The zero-order valence-corrected chi connectivity index (χ0v) is 13.6. The smallest absolute Gasteiger partial charge is 0.142 e. The Balaban J connectivity index is 2.19. The summed E-state index contributed by atoms with van der Waals surface area (Å²) < 4.78 is 14.8. The van der Waals surface area contributed by atoms with Gasteiger partial charge in [0.15, 0.2) is 0 Å². The molecule has 2 rings (SSSR count). The van der Waals surface area contributed by atoms with Gasteiger partial charge in [-0.05, 0) is 66.1 Å². The molecule has 0 amide bonds. The minimum atomic E-state index is -0.119. The molecule has 0 aliphatic heterocycles. The maximum atomic E-state index is 14.3. The van der Waals surface area contributed by atoms with E-state index in [1.165, 1.54) is 25.7 Å². The van der Waals surface area contributed by atoms with Crippen LogP contribution >= 0.6 is 15.9 Å². The third-order valence-electron chi connectivity index (χ3n) is 4.48. The van der Waals surface area contributed by atoms with Crippen LogP contribution in [-0.2, 0) is 0 Å². The Morgan fingerprint density at radius 2 is 1.95 bits per heavy atom. The molecule has 0 spiro atoms. The molecule has 106 valence electrons. The van der Waals surface area contributed by atoms with Crippen LogP contribution < -0.4 is 5.32 Å². The average Bonchev–Trinajstić information content (AvgIpc) is 2.37. The molecule has 19 heavy (non-hydrogen) atoms. The molecule has 1 aliphatic carbocycles. The summed E-state index contributed by atoms with van der Waals surface area (Å²) in [5, 5.41) is 3.32. The van der Waals surface area contributed by atoms with Crippen molar-refractivity contribution in [1.82, 2.24) is 5.32 Å². The number of halogens is 2. The highest BCUT2D eigenvalue weighted by Crippen LogP contribution is 2.43. The Bertz CT molecular complexity index is 434. The zero-order chi connectivity index (χ0) is 14.0. The van der Waals surface area contributed by atoms with E-state index in [-0.39, 0.29) is 11.9 Å². The minimum absolute atomic E-state index is 0.119. The first-order chi connectivity index (χ1) is 8.94. The van der Waals surface area contributed by atoms with E-state index >= 15 is 0 Å². The fourth-order valence-corrected chi connectivity index (χ4v) is 3.54. The summed E-state index contributed by atoms with van der Waals surface area (Å²) >= 11 is 3.28. The molecule has 1 aliphatic rings. The fourth-order valence-electron chi connectivity index (χ4n) is 3.16. The second-order valence-corrected chi connectivity index (χ2v) is 7.27. The molecule has 1 unspecified atom stereocenters. The van der Waals surface area contributed by atoms with E-state index in [1.807, 2.05) is 19.2 Å². The highest BCUT2D eigenvalue weighted by Gasteiger charge is 2.32. The van der Waals surface area contributed by atoms with Gasteiger partial charge in [-0.15, -0.1) is 0 Å². The molecule has 0 saturated heterocycles. The fraction of sp³-hybridized carbons (Fsp3) is 0.625. The molecular weight excluding hydrogens is 305 g/mol. The van der Waals surface area contributed by atoms with Crippen molar-refractivity contribution in [2.75, 3.05) is 7.05 Å². The molecule has 1 nitrogen and oxygen atoms in total. The Morgan fingerprint density at radius 1 is 1.32 bits per heavy atom. The third-order valence-corrected chi connectivity index (χ3v) is 5.10. The van der Waals surface area contributed by atoms with Gasteiger partial charge in [-0.2, -0.15) is 0 Å². The first-order valence-corrected chi connectivity index (χ1v) is 7.85. The highest BCUT2D eigenvalue weighted by atomic mass is 79.9. The van der Waals surface area contributed by atoms with Crippen LogP contribution in [0.25, 0.3) is 0 Å². The van der Waals surface area contributed by atoms with Crippen molar-refractivity contribution in [3.05, 3.63) is 34.1 Å². The molecule has 1 N–H and O–H groups in total. The first-order valence-electron chi connectivity index (χ1n) is 7.06. The van der Waals surface area contributed by atoms with Crippen molar-refractivity contribution in [2.24, 2.45) is 11.3 Å². The van der Waals surface area contributed by atoms with Gasteiger partial charge in [0.2, 0.25) is 0 Å². The van der Waals surface area contributed by atoms with Crippen molar-refractivity contribution in [3.8, 4) is 0 Å². The van der Waals surface area contributed by atoms with E-state index in [0.717, 1.165) is 5.56 Å². The number of nitrogens with one attached hydrogen (secondary N) is 1. The van der Waals surface area contributed by atoms with Crippen LogP contribution in [0.15, 0.2) is 22.7 Å². The van der Waals surface area contributed by atoms with E-state index in [9.17, 15) is 4.39 Å². The van der Waals surface area contributed by atoms with Gasteiger partial charge in [0.1, 0.15) is 5.82 Å². The Kier molecular flexibility index (Phi) is 4.67. The van der Waals surface area contributed by atoms with E-state index in [2.05, 4.69) is 35.1 Å². The van der Waals surface area contributed by atoms with Crippen molar-refractivity contribution in [1.29, 1.82) is 0 Å². The topological polar surface area (TPSA) is 12.0 Å². The molecule has 0 heterocycles. The number of hydrogen-bond donors (Lipinski definition) is 1. The molecule has 0 radical (unpaired) electrons. The lowest BCUT2D eigenvalue weighted by Gasteiger charge is -2.38. The van der Waals surface area contributed by atoms with Crippen LogP contribution in [0.5, 0.6) is 0 Å². The predicted octanol–water partition coefficient (Wildman–Crippen LogP) is 5.07. The van der Waals surface area contributed by atoms with E-state index < -0.39 is 0 Å². The van der Waals surface area contributed by atoms with E-state index in [0.29, 0.717) is 15.8 Å². The van der Waals surface area contributed by atoms with Crippen LogP contribution in [0.3, 0.4) is 0 Å². The van der Waals surface area contributed by atoms with Crippen molar-refractivity contribution in [3.63, 3.8) is 0 Å². The summed E-state index contributed by atoms with van der Waals surface area (Å²) in [6.07, 6.45) is 4.80. The quantitative estimate of drug-likeness (QED) is 0.817. The summed E-state index contributed by atoms with van der Waals surface area (Å²) in [4.78, 5) is 0. The molecular formula is C16H23BrFN. The SMILES string of the molecule is CNC(c1cccc(Br)c1F)C1CCC(C)(C)CC1. The van der Waals surface area contributed by atoms with Gasteiger partial charge in [-0.25, -0.2) is 4.39 Å². The molecule has 1 aromatic carbocycles. The van der Waals surface area contributed by atoms with Crippen LogP contribution in [0.2, 0.25) is 0 Å². The maximum Gasteiger partial charge on any atom is 0.142 e. The van der Waals surface area contributed by atoms with Gasteiger partial charge in [0.25, 0.3) is 0 Å². The largest absolute Gasteiger partial charge is 0.313 e. The lowest BCUT2D eigenvalue weighted by Crippen LogP contribution is -2.31. The van der Waals surface area contributed by atoms with Crippen LogP contribution in [-0.4, -0.2) is 7.05 Å². The normalized spacial score (nSPS) is 21.3. The summed E-state index contributed by atoms with van der Waals surface area (Å²) in [5.74, 6) is 0.411. The maximum absolute atomic E-state index is 14.3. The third kappa shape index (κ3) is 3.38. The summed E-state index contributed by atoms with van der Waals surface area (Å²) in [6, 6.07) is 5.70. The van der Waals surface area contributed by atoms with Gasteiger partial charge >= 0.3 is 0 Å². The molecule has 3 heteroatoms. The van der Waals surface area contributed by atoms with E-state index in [1.54, 1.807) is 6.07 Å². The van der Waals surface area contributed by atoms with Crippen molar-refractivity contribution < 1.29 is 4.39 Å². The molecule has 0 aromatic heterocycles. The van der Waals surface area contributed by atoms with Crippen LogP contribution in [0.1, 0.15) is 51.1 Å². The molecule has 0 bridgehead atoms. The van der Waals surface area contributed by atoms with Gasteiger partial charge in [0.05, 0.1) is 4.47 Å². The molecule has 1 aromatic rings. The Hall–Kier alpha value is -0.410. The first kappa shape index (κ1) is 15.0. The number of hydrogen-bond acceptors (Lipinski definition) is 1. The van der Waals surface area contributed by atoms with Gasteiger partial charge in [-0.1, -0.05) is 26.0 Å². The van der Waals surface area contributed by atoms with Gasteiger partial charge in [0, 0.05) is 11.6 Å². The zero-order valence-electron chi connectivity index (χ0n) is 12.0. The number of rotatable bonds is 3. The molecule has 1 saturated carbocycles. The lowest BCUT2D eigenvalue weighted by atomic mass is 9.70. The standard InChI is InChI=1S/C16H23BrFN/c1-16(2)9-7-11(8-10-16)15(19-3)12-5-4-6-13(17)14(12)18/h4-6,11,15,19H,7-10H2,1-3H3. The summed E-state index contributed by atoms with van der Waals surface area (Å²) in [5.41, 5.74) is 1.24. The second-order valence-electron chi connectivity index (χ2n) is 6.41. The lowest BCUT2D eigenvalue weighted by molar-refractivity contribution is 0.163. The molecule has 1 atom stereocenters. The van der Waals surface area contributed by atoms with Crippen LogP contribution in [0.4, 0.5) is 4.39 Å². The summed E-state index contributed by atoms with van der Waals surface area (Å²) in [7, 11) is 1.94. The van der Waals surface area contributed by atoms with Gasteiger partial charge < -0.3 is 5.32 Å². The van der Waals surface area contributed by atoms with Gasteiger partial charge in [-0.3, -0.25) is 0 Å². The highest BCUT2D eigenvalue weighted by molar-refractivity contribution is 9.10. The Labute approximate surface area is 124 Å². The molecule has 1 fully saturated rings. The van der Waals surface area contributed by atoms with E-state index in [4.69, 9.17) is 0 Å². The van der Waals surface area contributed by atoms with Crippen LogP contribution in [0, 0.1) is 17.2 Å². The number of benzene rings is 1. The Morgan fingerprint density at radius 3 is 2.53 bits per heavy atom. The average molecular weight is 328 g/mol. The minimum Gasteiger partial charge on any atom is -0.313 e. The summed E-state index contributed by atoms with van der Waals surface area (Å²) in [6.45, 7) is 4.66. The second kappa shape index (κ2) is 5.92. The monoisotopic (exact) mass is 327 g/mol.